The van der Waals surface area contributed by atoms with Crippen LogP contribution < -0.4 is 20.1 Å². The molecule has 1 aromatic heterocycles. The van der Waals surface area contributed by atoms with Gasteiger partial charge in [-0.25, -0.2) is 4.98 Å². The molecule has 0 bridgehead atoms. The van der Waals surface area contributed by atoms with Crippen molar-refractivity contribution >= 4 is 5.91 Å². The van der Waals surface area contributed by atoms with E-state index in [1.165, 1.54) is 5.57 Å². The molecule has 0 spiro atoms. The predicted molar refractivity (Wildman–Crippen MR) is 94.8 cm³/mol. The van der Waals surface area contributed by atoms with E-state index < -0.39 is 0 Å². The smallest absolute Gasteiger partial charge is 0.258 e. The third-order valence-electron chi connectivity index (χ3n) is 3.72. The van der Waals surface area contributed by atoms with Gasteiger partial charge >= 0.3 is 0 Å². The van der Waals surface area contributed by atoms with Gasteiger partial charge in [0.05, 0.1) is 0 Å². The number of hydrogen-bond donors (Lipinski definition) is 2. The van der Waals surface area contributed by atoms with Crippen LogP contribution in [0.2, 0.25) is 0 Å². The molecule has 6 heteroatoms. The number of carbonyl (C=O) groups is 1. The highest BCUT2D eigenvalue weighted by Gasteiger charge is 2.07. The lowest BCUT2D eigenvalue weighted by Crippen LogP contribution is -2.32. The van der Waals surface area contributed by atoms with E-state index in [0.29, 0.717) is 23.9 Å². The Bertz CT molecular complexity index is 714. The van der Waals surface area contributed by atoms with Crippen LogP contribution in [0, 0.1) is 0 Å². The largest absolute Gasteiger partial charge is 0.484 e. The fraction of sp³-hybridized carbons (Fsp3) is 0.263. The summed E-state index contributed by atoms with van der Waals surface area (Å²) in [6.45, 7) is 2.41. The zero-order chi connectivity index (χ0) is 17.3. The summed E-state index contributed by atoms with van der Waals surface area (Å²) in [5.41, 5.74) is 1.25. The zero-order valence-corrected chi connectivity index (χ0v) is 13.9. The van der Waals surface area contributed by atoms with Crippen LogP contribution in [0.1, 0.15) is 6.42 Å². The van der Waals surface area contributed by atoms with Crippen LogP contribution in [0.25, 0.3) is 0 Å². The minimum absolute atomic E-state index is 0.00796. The van der Waals surface area contributed by atoms with Crippen molar-refractivity contribution < 1.29 is 14.3 Å². The van der Waals surface area contributed by atoms with E-state index in [1.807, 2.05) is 12.1 Å². The quantitative estimate of drug-likeness (QED) is 0.757. The highest BCUT2D eigenvalue weighted by Crippen LogP contribution is 2.22. The summed E-state index contributed by atoms with van der Waals surface area (Å²) < 4.78 is 11.1. The average molecular weight is 339 g/mol. The van der Waals surface area contributed by atoms with Crippen LogP contribution in [0.4, 0.5) is 0 Å². The molecule has 2 heterocycles. The molecule has 0 fully saturated rings. The number of amides is 1. The second kappa shape index (κ2) is 8.84. The topological polar surface area (TPSA) is 72.5 Å². The zero-order valence-electron chi connectivity index (χ0n) is 13.9. The molecular formula is C19H21N3O3. The van der Waals surface area contributed by atoms with Crippen molar-refractivity contribution in [1.29, 1.82) is 0 Å². The third kappa shape index (κ3) is 5.61. The van der Waals surface area contributed by atoms with E-state index in [-0.39, 0.29) is 12.5 Å². The first-order chi connectivity index (χ1) is 12.3. The summed E-state index contributed by atoms with van der Waals surface area (Å²) in [4.78, 5) is 16.0. The van der Waals surface area contributed by atoms with E-state index in [2.05, 4.69) is 21.7 Å². The van der Waals surface area contributed by atoms with Gasteiger partial charge in [-0.3, -0.25) is 4.79 Å². The van der Waals surface area contributed by atoms with Crippen molar-refractivity contribution in [2.24, 2.45) is 0 Å². The Balaban J connectivity index is 1.42. The van der Waals surface area contributed by atoms with Gasteiger partial charge in [0.15, 0.2) is 6.61 Å². The Labute approximate surface area is 146 Å². The van der Waals surface area contributed by atoms with Crippen LogP contribution in [0.3, 0.4) is 0 Å². The summed E-state index contributed by atoms with van der Waals surface area (Å²) in [6.07, 6.45) is 4.76. The lowest BCUT2D eigenvalue weighted by molar-refractivity contribution is -0.122. The summed E-state index contributed by atoms with van der Waals surface area (Å²) in [5, 5.41) is 6.11. The minimum Gasteiger partial charge on any atom is -0.484 e. The molecule has 0 atom stereocenters. The van der Waals surface area contributed by atoms with Crippen LogP contribution in [-0.2, 0) is 4.79 Å². The van der Waals surface area contributed by atoms with Gasteiger partial charge in [0.25, 0.3) is 5.91 Å². The van der Waals surface area contributed by atoms with Crippen LogP contribution >= 0.6 is 0 Å². The summed E-state index contributed by atoms with van der Waals surface area (Å²) in [6, 6.07) is 12.6. The first-order valence-electron chi connectivity index (χ1n) is 8.27. The SMILES string of the molecule is O=C(COc1ccc(Oc2ccccn2)cc1)NCC1=CCNCC1. The average Bonchev–Trinajstić information content (AvgIpc) is 2.67. The predicted octanol–water partition coefficient (Wildman–Crippen LogP) is 2.29. The number of rotatable bonds is 7. The number of hydrogen-bond acceptors (Lipinski definition) is 5. The van der Waals surface area contributed by atoms with Gasteiger partial charge in [-0.1, -0.05) is 17.7 Å². The van der Waals surface area contributed by atoms with Crippen molar-refractivity contribution in [2.75, 3.05) is 26.2 Å². The second-order valence-electron chi connectivity index (χ2n) is 5.62. The number of carbonyl (C=O) groups excluding carboxylic acids is 1. The molecule has 2 aromatic rings. The molecule has 2 N–H and O–H groups in total. The van der Waals surface area contributed by atoms with Gasteiger partial charge in [0.2, 0.25) is 5.88 Å². The highest BCUT2D eigenvalue weighted by molar-refractivity contribution is 5.77. The Morgan fingerprint density at radius 3 is 2.72 bits per heavy atom. The lowest BCUT2D eigenvalue weighted by Gasteiger charge is -2.14. The fourth-order valence-electron chi connectivity index (χ4n) is 2.37. The normalized spacial score (nSPS) is 13.7. The van der Waals surface area contributed by atoms with Crippen LogP contribution in [-0.4, -0.2) is 37.1 Å². The molecule has 6 nitrogen and oxygen atoms in total. The maximum absolute atomic E-state index is 11.9. The standard InChI is InChI=1S/C19H21N3O3/c23-18(22-13-15-8-11-20-12-9-15)14-24-16-4-6-17(7-5-16)25-19-3-1-2-10-21-19/h1-8,10,20H,9,11-14H2,(H,22,23). The molecule has 3 rings (SSSR count). The summed E-state index contributed by atoms with van der Waals surface area (Å²) in [7, 11) is 0. The van der Waals surface area contributed by atoms with Crippen LogP contribution in [0.15, 0.2) is 60.3 Å². The lowest BCUT2D eigenvalue weighted by atomic mass is 10.1. The molecule has 0 saturated heterocycles. The maximum Gasteiger partial charge on any atom is 0.258 e. The Morgan fingerprint density at radius 2 is 2.00 bits per heavy atom. The van der Waals surface area contributed by atoms with Crippen molar-refractivity contribution in [3.8, 4) is 17.4 Å². The number of benzene rings is 1. The molecule has 0 unspecified atom stereocenters. The van der Waals surface area contributed by atoms with Gasteiger partial charge in [-0.2, -0.15) is 0 Å². The van der Waals surface area contributed by atoms with E-state index in [1.54, 1.807) is 36.5 Å². The van der Waals surface area contributed by atoms with Crippen molar-refractivity contribution in [1.82, 2.24) is 15.6 Å². The number of ether oxygens (including phenoxy) is 2. The van der Waals surface area contributed by atoms with E-state index >= 15 is 0 Å². The first-order valence-corrected chi connectivity index (χ1v) is 8.27. The van der Waals surface area contributed by atoms with Crippen molar-refractivity contribution in [2.45, 2.75) is 6.42 Å². The molecule has 1 aliphatic rings. The Kier molecular flexibility index (Phi) is 6.01. The maximum atomic E-state index is 11.9. The molecule has 130 valence electrons. The molecule has 1 amide bonds. The molecule has 0 saturated carbocycles. The summed E-state index contributed by atoms with van der Waals surface area (Å²) in [5.74, 6) is 1.67. The van der Waals surface area contributed by atoms with Gasteiger partial charge in [0.1, 0.15) is 11.5 Å². The molecule has 0 radical (unpaired) electrons. The molecule has 25 heavy (non-hydrogen) atoms. The fourth-order valence-corrected chi connectivity index (χ4v) is 2.37. The monoisotopic (exact) mass is 339 g/mol. The molecular weight excluding hydrogens is 318 g/mol. The van der Waals surface area contributed by atoms with Gasteiger partial charge < -0.3 is 20.1 Å². The third-order valence-corrected chi connectivity index (χ3v) is 3.72. The summed E-state index contributed by atoms with van der Waals surface area (Å²) >= 11 is 0. The number of nitrogens with zero attached hydrogens (tertiary/aromatic N) is 1. The van der Waals surface area contributed by atoms with Crippen LogP contribution in [0.5, 0.6) is 17.4 Å². The second-order valence-corrected chi connectivity index (χ2v) is 5.62. The van der Waals surface area contributed by atoms with Gasteiger partial charge in [-0.15, -0.1) is 0 Å². The van der Waals surface area contributed by atoms with E-state index in [4.69, 9.17) is 9.47 Å². The molecule has 1 aliphatic heterocycles. The van der Waals surface area contributed by atoms with E-state index in [9.17, 15) is 4.79 Å². The van der Waals surface area contributed by atoms with Gasteiger partial charge in [-0.05, 0) is 43.3 Å². The van der Waals surface area contributed by atoms with Crippen molar-refractivity contribution in [3.63, 3.8) is 0 Å². The molecule has 0 aliphatic carbocycles. The minimum atomic E-state index is -0.131. The Hall–Kier alpha value is -2.86. The molecule has 1 aromatic carbocycles. The van der Waals surface area contributed by atoms with E-state index in [0.717, 1.165) is 19.5 Å². The Morgan fingerprint density at radius 1 is 1.16 bits per heavy atom. The number of nitrogens with one attached hydrogen (secondary N) is 2. The number of aromatic nitrogens is 1. The highest BCUT2D eigenvalue weighted by atomic mass is 16.5. The first kappa shape index (κ1) is 17.0. The van der Waals surface area contributed by atoms with Crippen molar-refractivity contribution in [3.05, 3.63) is 60.3 Å². The number of pyridine rings is 1. The van der Waals surface area contributed by atoms with Gasteiger partial charge in [0, 0.05) is 25.4 Å².